The van der Waals surface area contributed by atoms with E-state index in [4.69, 9.17) is 4.74 Å². The van der Waals surface area contributed by atoms with E-state index < -0.39 is 0 Å². The maximum Gasteiger partial charge on any atom is 0.372 e. The number of thioether (sulfide) groups is 1. The lowest BCUT2D eigenvalue weighted by Crippen LogP contribution is -1.95. The van der Waals surface area contributed by atoms with Crippen LogP contribution in [0.3, 0.4) is 0 Å². The summed E-state index contributed by atoms with van der Waals surface area (Å²) in [5.41, 5.74) is 0.527. The van der Waals surface area contributed by atoms with Gasteiger partial charge in [-0.3, -0.25) is 0 Å². The van der Waals surface area contributed by atoms with E-state index in [0.29, 0.717) is 17.1 Å². The Morgan fingerprint density at radius 1 is 1.57 bits per heavy atom. The summed E-state index contributed by atoms with van der Waals surface area (Å²) in [6.07, 6.45) is 0. The Morgan fingerprint density at radius 2 is 2.29 bits per heavy atom. The first-order valence-electron chi connectivity index (χ1n) is 4.24. The third-order valence-electron chi connectivity index (χ3n) is 1.59. The molecule has 0 fully saturated rings. The van der Waals surface area contributed by atoms with E-state index in [1.54, 1.807) is 26.0 Å². The highest BCUT2D eigenvalue weighted by atomic mass is 32.2. The summed E-state index contributed by atoms with van der Waals surface area (Å²) in [6, 6.07) is 4.53. The molecule has 0 aliphatic carbocycles. The molecule has 4 heteroatoms. The van der Waals surface area contributed by atoms with Crippen LogP contribution >= 0.6 is 11.8 Å². The van der Waals surface area contributed by atoms with Gasteiger partial charge in [-0.25, -0.2) is 9.18 Å². The van der Waals surface area contributed by atoms with Gasteiger partial charge >= 0.3 is 5.30 Å². The SMILES string of the molecule is CCOC(=O)Sc1ccc(F)c(C)c1. The van der Waals surface area contributed by atoms with Gasteiger partial charge in [-0.2, -0.15) is 0 Å². The molecule has 0 atom stereocenters. The molecule has 0 amide bonds. The van der Waals surface area contributed by atoms with Gasteiger partial charge in [0.05, 0.1) is 6.61 Å². The number of carbonyl (C=O) groups is 1. The summed E-state index contributed by atoms with van der Waals surface area (Å²) in [4.78, 5) is 11.8. The standard InChI is InChI=1S/C10H11FO2S/c1-3-13-10(12)14-8-4-5-9(11)7(2)6-8/h4-6H,3H2,1-2H3. The number of carbonyl (C=O) groups excluding carboxylic acids is 1. The largest absolute Gasteiger partial charge is 0.458 e. The van der Waals surface area contributed by atoms with Crippen molar-refractivity contribution >= 4 is 17.1 Å². The number of rotatable bonds is 2. The van der Waals surface area contributed by atoms with Crippen molar-refractivity contribution in [2.45, 2.75) is 18.7 Å². The number of benzene rings is 1. The van der Waals surface area contributed by atoms with Crippen LogP contribution in [0, 0.1) is 12.7 Å². The molecule has 0 saturated heterocycles. The Balaban J connectivity index is 2.68. The molecule has 0 bridgehead atoms. The van der Waals surface area contributed by atoms with Crippen LogP contribution in [-0.2, 0) is 4.74 Å². The lowest BCUT2D eigenvalue weighted by atomic mass is 10.2. The van der Waals surface area contributed by atoms with Crippen LogP contribution in [0.2, 0.25) is 0 Å². The van der Waals surface area contributed by atoms with Crippen molar-refractivity contribution in [3.63, 3.8) is 0 Å². The van der Waals surface area contributed by atoms with Crippen molar-refractivity contribution in [1.29, 1.82) is 0 Å². The van der Waals surface area contributed by atoms with E-state index in [0.717, 1.165) is 11.8 Å². The van der Waals surface area contributed by atoms with Crippen molar-refractivity contribution in [2.24, 2.45) is 0 Å². The molecule has 0 unspecified atom stereocenters. The molecule has 1 aromatic rings. The van der Waals surface area contributed by atoms with Crippen LogP contribution in [0.15, 0.2) is 23.1 Å². The smallest absolute Gasteiger partial charge is 0.372 e. The zero-order chi connectivity index (χ0) is 10.6. The zero-order valence-electron chi connectivity index (χ0n) is 8.04. The van der Waals surface area contributed by atoms with Crippen molar-refractivity contribution in [3.05, 3.63) is 29.6 Å². The average Bonchev–Trinajstić information content (AvgIpc) is 2.12. The van der Waals surface area contributed by atoms with Crippen LogP contribution in [-0.4, -0.2) is 11.9 Å². The minimum Gasteiger partial charge on any atom is -0.458 e. The zero-order valence-corrected chi connectivity index (χ0v) is 8.86. The van der Waals surface area contributed by atoms with Gasteiger partial charge in [0, 0.05) is 4.90 Å². The normalized spacial score (nSPS) is 9.93. The van der Waals surface area contributed by atoms with Crippen LogP contribution in [0.5, 0.6) is 0 Å². The molecule has 0 aliphatic rings. The first kappa shape index (κ1) is 11.0. The minimum absolute atomic E-state index is 0.266. The van der Waals surface area contributed by atoms with Crippen LogP contribution < -0.4 is 0 Å². The van der Waals surface area contributed by atoms with Gasteiger partial charge in [-0.1, -0.05) is 0 Å². The highest BCUT2D eigenvalue weighted by Gasteiger charge is 2.06. The Bertz CT molecular complexity index is 339. The second-order valence-electron chi connectivity index (χ2n) is 2.70. The number of aryl methyl sites for hydroxylation is 1. The van der Waals surface area contributed by atoms with Gasteiger partial charge in [-0.05, 0) is 49.4 Å². The molecule has 1 rings (SSSR count). The van der Waals surface area contributed by atoms with Crippen LogP contribution in [0.25, 0.3) is 0 Å². The minimum atomic E-state index is -0.362. The summed E-state index contributed by atoms with van der Waals surface area (Å²) < 4.78 is 17.6. The number of halogens is 1. The van der Waals surface area contributed by atoms with E-state index in [2.05, 4.69) is 0 Å². The highest BCUT2D eigenvalue weighted by Crippen LogP contribution is 2.22. The molecule has 1 aromatic carbocycles. The molecule has 0 heterocycles. The van der Waals surface area contributed by atoms with Crippen molar-refractivity contribution in [2.75, 3.05) is 6.61 Å². The van der Waals surface area contributed by atoms with Gasteiger partial charge < -0.3 is 4.74 Å². The quantitative estimate of drug-likeness (QED) is 0.557. The molecule has 0 saturated carbocycles. The van der Waals surface area contributed by atoms with E-state index in [1.165, 1.54) is 6.07 Å². The van der Waals surface area contributed by atoms with Gasteiger partial charge in [0.15, 0.2) is 0 Å². The second kappa shape index (κ2) is 5.00. The predicted octanol–water partition coefficient (Wildman–Crippen LogP) is 3.38. The molecule has 0 aromatic heterocycles. The number of hydrogen-bond donors (Lipinski definition) is 0. The lowest BCUT2D eigenvalue weighted by Gasteiger charge is -2.02. The fourth-order valence-corrected chi connectivity index (χ4v) is 1.67. The topological polar surface area (TPSA) is 26.3 Å². The summed E-state index contributed by atoms with van der Waals surface area (Å²) in [5.74, 6) is -0.266. The Labute approximate surface area is 86.5 Å². The monoisotopic (exact) mass is 214 g/mol. The summed E-state index contributed by atoms with van der Waals surface area (Å²) in [5, 5.41) is -0.362. The van der Waals surface area contributed by atoms with Crippen LogP contribution in [0.4, 0.5) is 9.18 Å². The summed E-state index contributed by atoms with van der Waals surface area (Å²) in [6.45, 7) is 3.75. The van der Waals surface area contributed by atoms with E-state index in [9.17, 15) is 9.18 Å². The highest BCUT2D eigenvalue weighted by molar-refractivity contribution is 8.13. The fraction of sp³-hybridized carbons (Fsp3) is 0.300. The molecule has 76 valence electrons. The molecular formula is C10H11FO2S. The van der Waals surface area contributed by atoms with Crippen molar-refractivity contribution in [3.8, 4) is 0 Å². The average molecular weight is 214 g/mol. The van der Waals surface area contributed by atoms with Gasteiger partial charge in [0.1, 0.15) is 5.82 Å². The van der Waals surface area contributed by atoms with Crippen molar-refractivity contribution < 1.29 is 13.9 Å². The second-order valence-corrected chi connectivity index (χ2v) is 3.70. The third kappa shape index (κ3) is 3.03. The Kier molecular flexibility index (Phi) is 3.95. The molecular weight excluding hydrogens is 203 g/mol. The lowest BCUT2D eigenvalue weighted by molar-refractivity contribution is 0.181. The molecule has 0 radical (unpaired) electrons. The number of ether oxygens (including phenoxy) is 1. The van der Waals surface area contributed by atoms with E-state index >= 15 is 0 Å². The van der Waals surface area contributed by atoms with Crippen molar-refractivity contribution in [1.82, 2.24) is 0 Å². The maximum atomic E-state index is 12.9. The number of hydrogen-bond acceptors (Lipinski definition) is 3. The maximum absolute atomic E-state index is 12.9. The first-order valence-corrected chi connectivity index (χ1v) is 5.06. The molecule has 0 spiro atoms. The Morgan fingerprint density at radius 3 is 2.86 bits per heavy atom. The summed E-state index contributed by atoms with van der Waals surface area (Å²) >= 11 is 0.963. The molecule has 14 heavy (non-hydrogen) atoms. The van der Waals surface area contributed by atoms with E-state index in [-0.39, 0.29) is 11.1 Å². The van der Waals surface area contributed by atoms with Crippen LogP contribution in [0.1, 0.15) is 12.5 Å². The first-order chi connectivity index (χ1) is 6.63. The fourth-order valence-electron chi connectivity index (χ4n) is 0.924. The molecule has 0 aliphatic heterocycles. The van der Waals surface area contributed by atoms with Gasteiger partial charge in [0.2, 0.25) is 0 Å². The molecule has 0 N–H and O–H groups in total. The predicted molar refractivity (Wildman–Crippen MR) is 54.0 cm³/mol. The molecule has 2 nitrogen and oxygen atoms in total. The van der Waals surface area contributed by atoms with Gasteiger partial charge in [-0.15, -0.1) is 0 Å². The van der Waals surface area contributed by atoms with Gasteiger partial charge in [0.25, 0.3) is 0 Å². The third-order valence-corrected chi connectivity index (χ3v) is 2.37. The Hall–Kier alpha value is -1.03. The van der Waals surface area contributed by atoms with E-state index in [1.807, 2.05) is 0 Å². The summed E-state index contributed by atoms with van der Waals surface area (Å²) in [7, 11) is 0.